The van der Waals surface area contributed by atoms with E-state index in [1.165, 1.54) is 10.9 Å². The molecule has 1 aromatic heterocycles. The lowest BCUT2D eigenvalue weighted by atomic mass is 10.1. The monoisotopic (exact) mass is 286 g/mol. The van der Waals surface area contributed by atoms with E-state index < -0.39 is 0 Å². The molecule has 0 bridgehead atoms. The van der Waals surface area contributed by atoms with Crippen molar-refractivity contribution in [3.63, 3.8) is 0 Å². The molecule has 112 valence electrons. The van der Waals surface area contributed by atoms with Crippen molar-refractivity contribution in [2.75, 3.05) is 20.3 Å². The largest absolute Gasteiger partial charge is 0.383 e. The first-order valence-electron chi connectivity index (χ1n) is 7.63. The Hall–Kier alpha value is -1.81. The van der Waals surface area contributed by atoms with Crippen LogP contribution in [-0.2, 0) is 16.0 Å². The summed E-state index contributed by atoms with van der Waals surface area (Å²) in [5.41, 5.74) is 2.36. The Bertz CT molecular complexity index is 616. The molecule has 4 heteroatoms. The highest BCUT2D eigenvalue weighted by Gasteiger charge is 2.31. The van der Waals surface area contributed by atoms with E-state index in [1.807, 2.05) is 23.2 Å². The van der Waals surface area contributed by atoms with Crippen LogP contribution in [0.4, 0.5) is 0 Å². The lowest BCUT2D eigenvalue weighted by Gasteiger charge is -2.22. The number of nitrogens with one attached hydrogen (secondary N) is 1. The third-order valence-electron chi connectivity index (χ3n) is 4.13. The van der Waals surface area contributed by atoms with Crippen LogP contribution in [-0.4, -0.2) is 42.1 Å². The number of aromatic nitrogens is 1. The van der Waals surface area contributed by atoms with Gasteiger partial charge in [0.1, 0.15) is 0 Å². The third kappa shape index (κ3) is 3.27. The first-order chi connectivity index (χ1) is 10.3. The van der Waals surface area contributed by atoms with E-state index in [2.05, 4.69) is 17.1 Å². The summed E-state index contributed by atoms with van der Waals surface area (Å²) in [5, 5.41) is 1.22. The molecule has 3 rings (SSSR count). The number of fused-ring (bicyclic) bond motifs is 1. The lowest BCUT2D eigenvalue weighted by Crippen LogP contribution is -2.35. The van der Waals surface area contributed by atoms with Gasteiger partial charge in [-0.3, -0.25) is 4.79 Å². The molecule has 1 N–H and O–H groups in total. The summed E-state index contributed by atoms with van der Waals surface area (Å²) in [6, 6.07) is 8.69. The van der Waals surface area contributed by atoms with Gasteiger partial charge in [-0.2, -0.15) is 0 Å². The van der Waals surface area contributed by atoms with E-state index in [-0.39, 0.29) is 5.91 Å². The average Bonchev–Trinajstić information content (AvgIpc) is 3.26. The highest BCUT2D eigenvalue weighted by atomic mass is 16.5. The van der Waals surface area contributed by atoms with Crippen molar-refractivity contribution in [2.24, 2.45) is 0 Å². The van der Waals surface area contributed by atoms with E-state index in [1.54, 1.807) is 7.11 Å². The van der Waals surface area contributed by atoms with Crippen molar-refractivity contribution in [3.8, 4) is 0 Å². The van der Waals surface area contributed by atoms with Gasteiger partial charge >= 0.3 is 0 Å². The summed E-state index contributed by atoms with van der Waals surface area (Å²) >= 11 is 0. The van der Waals surface area contributed by atoms with Crippen molar-refractivity contribution < 1.29 is 9.53 Å². The van der Waals surface area contributed by atoms with Gasteiger partial charge in [-0.1, -0.05) is 18.2 Å². The van der Waals surface area contributed by atoms with Crippen LogP contribution in [0.25, 0.3) is 10.9 Å². The number of rotatable bonds is 7. The molecule has 2 aromatic rings. The Labute approximate surface area is 125 Å². The third-order valence-corrected chi connectivity index (χ3v) is 4.13. The predicted molar refractivity (Wildman–Crippen MR) is 83.2 cm³/mol. The van der Waals surface area contributed by atoms with Crippen molar-refractivity contribution in [1.82, 2.24) is 9.88 Å². The Morgan fingerprint density at radius 3 is 2.95 bits per heavy atom. The lowest BCUT2D eigenvalue weighted by molar-refractivity contribution is -0.132. The molecule has 0 aliphatic heterocycles. The van der Waals surface area contributed by atoms with Crippen molar-refractivity contribution >= 4 is 16.8 Å². The highest BCUT2D eigenvalue weighted by molar-refractivity contribution is 5.84. The maximum Gasteiger partial charge on any atom is 0.223 e. The second-order valence-electron chi connectivity index (χ2n) is 5.67. The SMILES string of the molecule is COCCN(C(=O)CCc1c[nH]c2ccccc12)C1CC1. The summed E-state index contributed by atoms with van der Waals surface area (Å²) in [7, 11) is 1.68. The molecule has 1 fully saturated rings. The number of amides is 1. The molecule has 0 spiro atoms. The maximum absolute atomic E-state index is 12.4. The molecule has 4 nitrogen and oxygen atoms in total. The van der Waals surface area contributed by atoms with Gasteiger partial charge in [0, 0.05) is 43.2 Å². The zero-order valence-corrected chi connectivity index (χ0v) is 12.5. The fourth-order valence-corrected chi connectivity index (χ4v) is 2.81. The van der Waals surface area contributed by atoms with E-state index in [0.717, 1.165) is 24.8 Å². The molecule has 0 radical (unpaired) electrons. The number of para-hydroxylation sites is 1. The normalized spacial score (nSPS) is 14.5. The zero-order valence-electron chi connectivity index (χ0n) is 12.5. The van der Waals surface area contributed by atoms with Crippen LogP contribution in [0.2, 0.25) is 0 Å². The Morgan fingerprint density at radius 2 is 2.19 bits per heavy atom. The number of carbonyl (C=O) groups is 1. The van der Waals surface area contributed by atoms with Crippen molar-refractivity contribution in [2.45, 2.75) is 31.7 Å². The van der Waals surface area contributed by atoms with Crippen LogP contribution in [0.15, 0.2) is 30.5 Å². The minimum atomic E-state index is 0.250. The zero-order chi connectivity index (χ0) is 14.7. The van der Waals surface area contributed by atoms with Crippen LogP contribution in [0.3, 0.4) is 0 Å². The van der Waals surface area contributed by atoms with E-state index in [4.69, 9.17) is 4.74 Å². The van der Waals surface area contributed by atoms with Crippen molar-refractivity contribution in [3.05, 3.63) is 36.0 Å². The minimum Gasteiger partial charge on any atom is -0.383 e. The predicted octanol–water partition coefficient (Wildman–Crippen LogP) is 2.74. The van der Waals surface area contributed by atoms with Crippen molar-refractivity contribution in [1.29, 1.82) is 0 Å². The van der Waals surface area contributed by atoms with Gasteiger partial charge in [-0.15, -0.1) is 0 Å². The molecule has 1 amide bonds. The number of methoxy groups -OCH3 is 1. The topological polar surface area (TPSA) is 45.3 Å². The van der Waals surface area contributed by atoms with E-state index >= 15 is 0 Å². The standard InChI is InChI=1S/C17H22N2O2/c1-21-11-10-19(14-7-8-14)17(20)9-6-13-12-18-16-5-3-2-4-15(13)16/h2-5,12,14,18H,6-11H2,1H3. The number of benzene rings is 1. The summed E-state index contributed by atoms with van der Waals surface area (Å²) < 4.78 is 5.11. The molecular formula is C17H22N2O2. The van der Waals surface area contributed by atoms with E-state index in [0.29, 0.717) is 25.6 Å². The molecule has 0 saturated heterocycles. The number of hydrogen-bond acceptors (Lipinski definition) is 2. The van der Waals surface area contributed by atoms with Crippen LogP contribution in [0.1, 0.15) is 24.8 Å². The Morgan fingerprint density at radius 1 is 1.38 bits per heavy atom. The molecule has 21 heavy (non-hydrogen) atoms. The molecular weight excluding hydrogens is 264 g/mol. The summed E-state index contributed by atoms with van der Waals surface area (Å²) in [4.78, 5) is 17.7. The summed E-state index contributed by atoms with van der Waals surface area (Å²) in [6.07, 6.45) is 5.67. The summed E-state index contributed by atoms with van der Waals surface area (Å²) in [6.45, 7) is 1.34. The first kappa shape index (κ1) is 14.1. The van der Waals surface area contributed by atoms with Gasteiger partial charge in [0.05, 0.1) is 6.61 Å². The van der Waals surface area contributed by atoms with E-state index in [9.17, 15) is 4.79 Å². The number of nitrogens with zero attached hydrogens (tertiary/aromatic N) is 1. The Balaban J connectivity index is 1.62. The second-order valence-corrected chi connectivity index (χ2v) is 5.67. The van der Waals surface area contributed by atoms with Gasteiger partial charge in [-0.05, 0) is 30.9 Å². The minimum absolute atomic E-state index is 0.250. The molecule has 1 saturated carbocycles. The van der Waals surface area contributed by atoms with Gasteiger partial charge in [0.2, 0.25) is 5.91 Å². The van der Waals surface area contributed by atoms with Crippen LogP contribution in [0, 0.1) is 0 Å². The fourth-order valence-electron chi connectivity index (χ4n) is 2.81. The molecule has 0 unspecified atom stereocenters. The fraction of sp³-hybridized carbons (Fsp3) is 0.471. The van der Waals surface area contributed by atoms with Crippen LogP contribution in [0.5, 0.6) is 0 Å². The Kier molecular flexibility index (Phi) is 4.25. The average molecular weight is 286 g/mol. The van der Waals surface area contributed by atoms with Gasteiger partial charge in [0.25, 0.3) is 0 Å². The molecule has 1 aromatic carbocycles. The summed E-state index contributed by atoms with van der Waals surface area (Å²) in [5.74, 6) is 0.250. The number of H-pyrrole nitrogens is 1. The number of aryl methyl sites for hydroxylation is 1. The molecule has 1 heterocycles. The smallest absolute Gasteiger partial charge is 0.223 e. The first-order valence-corrected chi connectivity index (χ1v) is 7.63. The number of carbonyl (C=O) groups excluding carboxylic acids is 1. The van der Waals surface area contributed by atoms with Gasteiger partial charge in [0.15, 0.2) is 0 Å². The van der Waals surface area contributed by atoms with Gasteiger partial charge in [-0.25, -0.2) is 0 Å². The molecule has 1 aliphatic rings. The van der Waals surface area contributed by atoms with Crippen LogP contribution < -0.4 is 0 Å². The molecule has 1 aliphatic carbocycles. The highest BCUT2D eigenvalue weighted by Crippen LogP contribution is 2.27. The van der Waals surface area contributed by atoms with Crippen LogP contribution >= 0.6 is 0 Å². The number of hydrogen-bond donors (Lipinski definition) is 1. The molecule has 0 atom stereocenters. The maximum atomic E-state index is 12.4. The second kappa shape index (κ2) is 6.31. The number of aromatic amines is 1. The number of ether oxygens (including phenoxy) is 1. The quantitative estimate of drug-likeness (QED) is 0.850. The van der Waals surface area contributed by atoms with Gasteiger partial charge < -0.3 is 14.6 Å².